The molecule has 22 heavy (non-hydrogen) atoms. The van der Waals surface area contributed by atoms with Crippen molar-refractivity contribution in [1.82, 2.24) is 9.55 Å². The van der Waals surface area contributed by atoms with E-state index in [0.717, 1.165) is 0 Å². The number of H-pyrrole nitrogens is 1. The van der Waals surface area contributed by atoms with E-state index in [4.69, 9.17) is 15.0 Å². The minimum absolute atomic E-state index is 0.0715. The molecule has 2 N–H and O–H groups in total. The number of nitrogens with one attached hydrogen (secondary N) is 1. The molecule has 1 aromatic rings. The van der Waals surface area contributed by atoms with E-state index in [9.17, 15) is 14.7 Å². The highest BCUT2D eigenvalue weighted by Gasteiger charge is 2.35. The number of aliphatic hydroxyl groups excluding tert-OH is 1. The van der Waals surface area contributed by atoms with Gasteiger partial charge in [-0.15, -0.1) is 0 Å². The molecule has 0 radical (unpaired) electrons. The van der Waals surface area contributed by atoms with Gasteiger partial charge in [0.25, 0.3) is 5.56 Å². The first-order valence-corrected chi connectivity index (χ1v) is 6.83. The van der Waals surface area contributed by atoms with Gasteiger partial charge in [0, 0.05) is 24.1 Å². The van der Waals surface area contributed by atoms with Gasteiger partial charge in [0.15, 0.2) is 0 Å². The number of hydrogen-bond donors (Lipinski definition) is 2. The number of aromatic nitrogens is 2. The van der Waals surface area contributed by atoms with E-state index in [1.807, 2.05) is 0 Å². The highest BCUT2D eigenvalue weighted by atomic mass is 16.5. The molecule has 0 unspecified atom stereocenters. The first kappa shape index (κ1) is 16.2. The molecule has 1 aliphatic rings. The summed E-state index contributed by atoms with van der Waals surface area (Å²) in [5.41, 5.74) is 7.66. The number of nitrogens with zero attached hydrogens (tertiary/aromatic N) is 4. The topological polar surface area (TPSA) is 142 Å². The van der Waals surface area contributed by atoms with Gasteiger partial charge in [-0.05, 0) is 12.5 Å². The zero-order valence-electron chi connectivity index (χ0n) is 12.0. The van der Waals surface area contributed by atoms with E-state index in [0.29, 0.717) is 6.61 Å². The third-order valence-electron chi connectivity index (χ3n) is 3.40. The predicted molar refractivity (Wildman–Crippen MR) is 75.2 cm³/mol. The molecule has 0 spiro atoms. The lowest BCUT2D eigenvalue weighted by Crippen LogP contribution is -2.34. The summed E-state index contributed by atoms with van der Waals surface area (Å²) in [6.07, 6.45) is 0.191. The van der Waals surface area contributed by atoms with E-state index in [-0.39, 0.29) is 25.2 Å². The van der Waals surface area contributed by atoms with E-state index < -0.39 is 29.6 Å². The quantitative estimate of drug-likeness (QED) is 0.433. The van der Waals surface area contributed by atoms with Gasteiger partial charge in [0.2, 0.25) is 0 Å². The minimum Gasteiger partial charge on any atom is -0.394 e. The fraction of sp³-hybridized carbons (Fsp3) is 0.667. The molecule has 1 fully saturated rings. The van der Waals surface area contributed by atoms with Crippen molar-refractivity contribution in [3.05, 3.63) is 43.0 Å². The average Bonchev–Trinajstić information content (AvgIpc) is 2.89. The number of ether oxygens (including phenoxy) is 2. The van der Waals surface area contributed by atoms with E-state index in [1.54, 1.807) is 6.92 Å². The fourth-order valence-corrected chi connectivity index (χ4v) is 2.29. The van der Waals surface area contributed by atoms with Crippen molar-refractivity contribution in [1.29, 1.82) is 0 Å². The fourth-order valence-electron chi connectivity index (χ4n) is 2.29. The molecule has 3 atom stereocenters. The molecule has 2 heterocycles. The van der Waals surface area contributed by atoms with Gasteiger partial charge in [0.1, 0.15) is 6.23 Å². The van der Waals surface area contributed by atoms with Gasteiger partial charge in [-0.3, -0.25) is 14.3 Å². The molecular weight excluding hydrogens is 294 g/mol. The summed E-state index contributed by atoms with van der Waals surface area (Å²) in [6.45, 7) is 1.97. The first-order chi connectivity index (χ1) is 10.6. The predicted octanol–water partition coefficient (Wildman–Crippen LogP) is 0.0318. The van der Waals surface area contributed by atoms with Crippen LogP contribution in [0.5, 0.6) is 0 Å². The molecule has 10 heteroatoms. The third kappa shape index (κ3) is 3.37. The molecule has 2 rings (SSSR count). The van der Waals surface area contributed by atoms with Crippen molar-refractivity contribution in [3.63, 3.8) is 0 Å². The van der Waals surface area contributed by atoms with Crippen LogP contribution in [0.3, 0.4) is 0 Å². The van der Waals surface area contributed by atoms with E-state index in [1.165, 1.54) is 10.8 Å². The summed E-state index contributed by atoms with van der Waals surface area (Å²) in [6, 6.07) is -0.575. The van der Waals surface area contributed by atoms with Crippen LogP contribution in [0.1, 0.15) is 25.1 Å². The van der Waals surface area contributed by atoms with E-state index in [2.05, 4.69) is 15.0 Å². The molecule has 1 saturated heterocycles. The number of rotatable bonds is 6. The second-order valence-corrected chi connectivity index (χ2v) is 4.78. The van der Waals surface area contributed by atoms with Crippen LogP contribution in [0.25, 0.3) is 10.4 Å². The highest BCUT2D eigenvalue weighted by molar-refractivity contribution is 5.04. The lowest BCUT2D eigenvalue weighted by molar-refractivity contribution is -0.0273. The Morgan fingerprint density at radius 1 is 1.64 bits per heavy atom. The van der Waals surface area contributed by atoms with Crippen molar-refractivity contribution in [2.24, 2.45) is 5.11 Å². The standard InChI is InChI=1S/C12H17N5O5/c1-2-21-6-7-4-17(12(20)14-11(7)19)10-3-8(15-16-13)9(5-18)22-10/h4,8-10,18H,2-3,5-6H2,1H3,(H,14,19,20)/t8-,9+,10-/m0/s1. The van der Waals surface area contributed by atoms with Crippen LogP contribution in [0, 0.1) is 0 Å². The van der Waals surface area contributed by atoms with Gasteiger partial charge in [-0.25, -0.2) is 4.79 Å². The maximum atomic E-state index is 11.9. The monoisotopic (exact) mass is 311 g/mol. The molecule has 0 amide bonds. The molecule has 120 valence electrons. The second kappa shape index (κ2) is 7.23. The summed E-state index contributed by atoms with van der Waals surface area (Å²) in [5, 5.41) is 12.8. The number of aliphatic hydroxyl groups is 1. The Morgan fingerprint density at radius 3 is 3.05 bits per heavy atom. The van der Waals surface area contributed by atoms with Crippen LogP contribution >= 0.6 is 0 Å². The molecule has 10 nitrogen and oxygen atoms in total. The van der Waals surface area contributed by atoms with Crippen LogP contribution in [0.4, 0.5) is 0 Å². The van der Waals surface area contributed by atoms with Gasteiger partial charge >= 0.3 is 5.69 Å². The highest BCUT2D eigenvalue weighted by Crippen LogP contribution is 2.29. The molecule has 1 aliphatic heterocycles. The Bertz CT molecular complexity index is 677. The first-order valence-electron chi connectivity index (χ1n) is 6.83. The van der Waals surface area contributed by atoms with Crippen LogP contribution in [-0.4, -0.2) is 40.0 Å². The minimum atomic E-state index is -0.725. The molecule has 0 saturated carbocycles. The Labute approximate surface area is 124 Å². The van der Waals surface area contributed by atoms with Crippen molar-refractivity contribution < 1.29 is 14.6 Å². The summed E-state index contributed by atoms with van der Waals surface area (Å²) in [4.78, 5) is 28.5. The van der Waals surface area contributed by atoms with Crippen LogP contribution < -0.4 is 11.2 Å². The Balaban J connectivity index is 2.30. The average molecular weight is 311 g/mol. The molecule has 1 aromatic heterocycles. The largest absolute Gasteiger partial charge is 0.394 e. The zero-order valence-corrected chi connectivity index (χ0v) is 12.0. The van der Waals surface area contributed by atoms with Crippen molar-refractivity contribution in [2.45, 2.75) is 38.3 Å². The van der Waals surface area contributed by atoms with Gasteiger partial charge in [-0.1, -0.05) is 5.11 Å². The Morgan fingerprint density at radius 2 is 2.41 bits per heavy atom. The Kier molecular flexibility index (Phi) is 5.34. The van der Waals surface area contributed by atoms with Gasteiger partial charge in [-0.2, -0.15) is 0 Å². The second-order valence-electron chi connectivity index (χ2n) is 4.78. The van der Waals surface area contributed by atoms with E-state index >= 15 is 0 Å². The Hall–Kier alpha value is -2.13. The van der Waals surface area contributed by atoms with Gasteiger partial charge < -0.3 is 14.6 Å². The summed E-state index contributed by atoms with van der Waals surface area (Å²) in [7, 11) is 0. The normalized spacial score (nSPS) is 24.2. The summed E-state index contributed by atoms with van der Waals surface area (Å²) >= 11 is 0. The third-order valence-corrected chi connectivity index (χ3v) is 3.40. The molecule has 0 aliphatic carbocycles. The lowest BCUT2D eigenvalue weighted by Gasteiger charge is -2.15. The van der Waals surface area contributed by atoms with Gasteiger partial charge in [0.05, 0.1) is 30.9 Å². The number of azide groups is 1. The van der Waals surface area contributed by atoms with Crippen molar-refractivity contribution in [3.8, 4) is 0 Å². The SMILES string of the molecule is CCOCc1cn([C@@H]2C[C@H](N=[N+]=[N-])[C@@H](CO)O2)c(=O)[nH]c1=O. The van der Waals surface area contributed by atoms with Crippen molar-refractivity contribution >= 4 is 0 Å². The zero-order chi connectivity index (χ0) is 16.1. The molecule has 0 aromatic carbocycles. The number of hydrogen-bond acceptors (Lipinski definition) is 6. The van der Waals surface area contributed by atoms with Crippen molar-refractivity contribution in [2.75, 3.05) is 13.2 Å². The van der Waals surface area contributed by atoms with Crippen LogP contribution in [-0.2, 0) is 16.1 Å². The summed E-state index contributed by atoms with van der Waals surface area (Å²) < 4.78 is 11.9. The maximum absolute atomic E-state index is 11.9. The maximum Gasteiger partial charge on any atom is 0.330 e. The number of aromatic amines is 1. The lowest BCUT2D eigenvalue weighted by atomic mass is 10.1. The van der Waals surface area contributed by atoms with Crippen LogP contribution in [0.2, 0.25) is 0 Å². The summed E-state index contributed by atoms with van der Waals surface area (Å²) in [5.74, 6) is 0. The molecule has 0 bridgehead atoms. The molecular formula is C12H17N5O5. The smallest absolute Gasteiger partial charge is 0.330 e. The van der Waals surface area contributed by atoms with Crippen LogP contribution in [0.15, 0.2) is 20.9 Å².